The van der Waals surface area contributed by atoms with E-state index in [-0.39, 0.29) is 10.7 Å². The summed E-state index contributed by atoms with van der Waals surface area (Å²) < 4.78 is 4.90. The number of hydroxylamine groups is 3. The average molecular weight is 182 g/mol. The molecule has 2 unspecified atom stereocenters. The van der Waals surface area contributed by atoms with Gasteiger partial charge in [-0.1, -0.05) is 5.16 Å². The van der Waals surface area contributed by atoms with Crippen molar-refractivity contribution in [3.63, 3.8) is 0 Å². The molecule has 0 bridgehead atoms. The number of nitrogens with zero attached hydrogens (tertiary/aromatic N) is 2. The summed E-state index contributed by atoms with van der Waals surface area (Å²) in [7, 11) is 1.70. The minimum Gasteiger partial charge on any atom is -0.632 e. The van der Waals surface area contributed by atoms with Crippen LogP contribution < -0.4 is 0 Å². The second-order valence-corrected chi connectivity index (χ2v) is 3.93. The summed E-state index contributed by atoms with van der Waals surface area (Å²) in [6.07, 6.45) is 1.89. The van der Waals surface area contributed by atoms with Gasteiger partial charge in [0.1, 0.15) is 0 Å². The predicted octanol–water partition coefficient (Wildman–Crippen LogP) is 1.76. The van der Waals surface area contributed by atoms with Gasteiger partial charge in [0.25, 0.3) is 0 Å². The molecule has 1 aliphatic rings. The Balaban J connectivity index is 2.26. The Morgan fingerprint density at radius 1 is 1.69 bits per heavy atom. The zero-order valence-electron chi connectivity index (χ0n) is 7.99. The molecule has 0 amide bonds. The maximum Gasteiger partial charge on any atom is 0.194 e. The summed E-state index contributed by atoms with van der Waals surface area (Å²) in [6.45, 7) is 2.56. The minimum absolute atomic E-state index is 0.0406. The molecule has 0 N–H and O–H groups in total. The van der Waals surface area contributed by atoms with Crippen LogP contribution in [0.1, 0.15) is 30.3 Å². The van der Waals surface area contributed by atoms with Gasteiger partial charge in [0.2, 0.25) is 0 Å². The fourth-order valence-electron chi connectivity index (χ4n) is 1.98. The average Bonchev–Trinajstić information content (AvgIpc) is 2.56. The summed E-state index contributed by atoms with van der Waals surface area (Å²) in [4.78, 5) is 0. The standard InChI is InChI=1S/C9H14N2O2/c1-7-6-9(13-10-7)8-4-3-5-11(8,2)12/h6,8H,3-5H2,1-2H3. The molecule has 2 heterocycles. The first-order valence-electron chi connectivity index (χ1n) is 4.59. The molecule has 13 heavy (non-hydrogen) atoms. The van der Waals surface area contributed by atoms with Crippen molar-refractivity contribution in [2.45, 2.75) is 25.8 Å². The van der Waals surface area contributed by atoms with Crippen molar-refractivity contribution in [1.82, 2.24) is 5.16 Å². The van der Waals surface area contributed by atoms with Gasteiger partial charge in [-0.25, -0.2) is 0 Å². The fourth-order valence-corrected chi connectivity index (χ4v) is 1.98. The summed E-state index contributed by atoms with van der Waals surface area (Å²) in [5, 5.41) is 15.7. The van der Waals surface area contributed by atoms with E-state index in [1.165, 1.54) is 0 Å². The Morgan fingerprint density at radius 2 is 2.46 bits per heavy atom. The second kappa shape index (κ2) is 2.82. The van der Waals surface area contributed by atoms with Crippen molar-refractivity contribution < 1.29 is 9.17 Å². The Hall–Kier alpha value is -0.870. The first-order valence-corrected chi connectivity index (χ1v) is 4.59. The number of aromatic nitrogens is 1. The lowest BCUT2D eigenvalue weighted by Crippen LogP contribution is -2.36. The predicted molar refractivity (Wildman–Crippen MR) is 47.6 cm³/mol. The highest BCUT2D eigenvalue weighted by molar-refractivity contribution is 5.07. The van der Waals surface area contributed by atoms with E-state index >= 15 is 0 Å². The SMILES string of the molecule is Cc1cc(C2CCC[N+]2(C)[O-])on1. The molecule has 0 saturated carbocycles. The first-order chi connectivity index (χ1) is 6.09. The molecule has 4 heteroatoms. The summed E-state index contributed by atoms with van der Waals surface area (Å²) >= 11 is 0. The van der Waals surface area contributed by atoms with Crippen LogP contribution in [0, 0.1) is 12.1 Å². The van der Waals surface area contributed by atoms with Gasteiger partial charge >= 0.3 is 0 Å². The third-order valence-corrected chi connectivity index (χ3v) is 2.71. The molecule has 0 aromatic carbocycles. The highest BCUT2D eigenvalue weighted by Gasteiger charge is 2.35. The van der Waals surface area contributed by atoms with E-state index in [9.17, 15) is 5.21 Å². The Kier molecular flexibility index (Phi) is 1.89. The first kappa shape index (κ1) is 8.72. The molecule has 0 radical (unpaired) electrons. The van der Waals surface area contributed by atoms with E-state index in [1.807, 2.05) is 13.0 Å². The lowest BCUT2D eigenvalue weighted by atomic mass is 10.1. The number of hydrogen-bond acceptors (Lipinski definition) is 3. The monoisotopic (exact) mass is 182 g/mol. The van der Waals surface area contributed by atoms with Crippen molar-refractivity contribution in [3.8, 4) is 0 Å². The molecule has 0 aliphatic carbocycles. The quantitative estimate of drug-likeness (QED) is 0.491. The molecular formula is C9H14N2O2. The van der Waals surface area contributed by atoms with Gasteiger partial charge in [-0.05, 0) is 6.92 Å². The number of rotatable bonds is 1. The molecule has 1 fully saturated rings. The molecule has 1 aromatic heterocycles. The summed E-state index contributed by atoms with van der Waals surface area (Å²) in [5.74, 6) is 0.743. The summed E-state index contributed by atoms with van der Waals surface area (Å²) in [5.41, 5.74) is 0.849. The maximum absolute atomic E-state index is 11.9. The van der Waals surface area contributed by atoms with Gasteiger partial charge in [0.15, 0.2) is 11.8 Å². The van der Waals surface area contributed by atoms with Crippen molar-refractivity contribution in [3.05, 3.63) is 22.7 Å². The number of likely N-dealkylation sites (tertiary alicyclic amines) is 1. The van der Waals surface area contributed by atoms with Gasteiger partial charge in [-0.3, -0.25) is 0 Å². The molecule has 4 nitrogen and oxygen atoms in total. The van der Waals surface area contributed by atoms with Gasteiger partial charge in [-0.2, -0.15) is 0 Å². The Labute approximate surface area is 77.3 Å². The molecule has 0 spiro atoms. The van der Waals surface area contributed by atoms with Crippen molar-refractivity contribution >= 4 is 0 Å². The maximum atomic E-state index is 11.9. The molecule has 1 aliphatic heterocycles. The smallest absolute Gasteiger partial charge is 0.194 e. The second-order valence-electron chi connectivity index (χ2n) is 3.93. The zero-order valence-corrected chi connectivity index (χ0v) is 7.99. The van der Waals surface area contributed by atoms with Crippen LogP contribution in [0.3, 0.4) is 0 Å². The number of quaternary nitrogens is 1. The van der Waals surface area contributed by atoms with Crippen LogP contribution in [-0.4, -0.2) is 23.4 Å². The van der Waals surface area contributed by atoms with Crippen LogP contribution in [0.4, 0.5) is 0 Å². The molecule has 1 saturated heterocycles. The third kappa shape index (κ3) is 1.47. The van der Waals surface area contributed by atoms with Crippen LogP contribution in [0.2, 0.25) is 0 Å². The van der Waals surface area contributed by atoms with Crippen LogP contribution >= 0.6 is 0 Å². The highest BCUT2D eigenvalue weighted by Crippen LogP contribution is 2.36. The van der Waals surface area contributed by atoms with Crippen LogP contribution in [0.5, 0.6) is 0 Å². The number of aryl methyl sites for hydroxylation is 1. The third-order valence-electron chi connectivity index (χ3n) is 2.71. The van der Waals surface area contributed by atoms with Gasteiger partial charge in [-0.15, -0.1) is 0 Å². The number of hydrogen-bond donors (Lipinski definition) is 0. The van der Waals surface area contributed by atoms with Gasteiger partial charge in [0, 0.05) is 18.9 Å². The van der Waals surface area contributed by atoms with Gasteiger partial charge in [0.05, 0.1) is 19.3 Å². The topological polar surface area (TPSA) is 49.1 Å². The molecule has 2 rings (SSSR count). The Morgan fingerprint density at radius 3 is 2.92 bits per heavy atom. The summed E-state index contributed by atoms with van der Waals surface area (Å²) in [6, 6.07) is 1.82. The van der Waals surface area contributed by atoms with E-state index < -0.39 is 0 Å². The van der Waals surface area contributed by atoms with Crippen molar-refractivity contribution in [2.75, 3.05) is 13.6 Å². The van der Waals surface area contributed by atoms with E-state index in [0.717, 1.165) is 24.3 Å². The van der Waals surface area contributed by atoms with E-state index in [2.05, 4.69) is 5.16 Å². The van der Waals surface area contributed by atoms with Crippen molar-refractivity contribution in [1.29, 1.82) is 0 Å². The van der Waals surface area contributed by atoms with E-state index in [0.29, 0.717) is 6.54 Å². The lowest BCUT2D eigenvalue weighted by Gasteiger charge is -2.38. The molecule has 1 aromatic rings. The lowest BCUT2D eigenvalue weighted by molar-refractivity contribution is -0.880. The minimum atomic E-state index is -0.214. The van der Waals surface area contributed by atoms with Crippen LogP contribution in [0.15, 0.2) is 10.6 Å². The largest absolute Gasteiger partial charge is 0.632 e. The van der Waals surface area contributed by atoms with Crippen molar-refractivity contribution in [2.24, 2.45) is 0 Å². The van der Waals surface area contributed by atoms with Gasteiger partial charge < -0.3 is 14.4 Å². The van der Waals surface area contributed by atoms with Crippen LogP contribution in [0.25, 0.3) is 0 Å². The molecular weight excluding hydrogens is 168 g/mol. The molecule has 2 atom stereocenters. The highest BCUT2D eigenvalue weighted by atomic mass is 16.6. The zero-order chi connectivity index (χ0) is 9.47. The normalized spacial score (nSPS) is 33.9. The fraction of sp³-hybridized carbons (Fsp3) is 0.667. The van der Waals surface area contributed by atoms with E-state index in [1.54, 1.807) is 7.05 Å². The van der Waals surface area contributed by atoms with E-state index in [4.69, 9.17) is 4.52 Å². The van der Waals surface area contributed by atoms with Crippen LogP contribution in [-0.2, 0) is 0 Å². The molecule has 72 valence electrons. The Bertz CT molecular complexity index is 306.